The quantitative estimate of drug-likeness (QED) is 0.641. The fourth-order valence-electron chi connectivity index (χ4n) is 2.19. The van der Waals surface area contributed by atoms with Gasteiger partial charge >= 0.3 is 0 Å². The van der Waals surface area contributed by atoms with E-state index in [1.807, 2.05) is 12.1 Å². The van der Waals surface area contributed by atoms with Crippen molar-refractivity contribution < 1.29 is 18.7 Å². The van der Waals surface area contributed by atoms with Crippen molar-refractivity contribution in [2.75, 3.05) is 19.4 Å². The predicted molar refractivity (Wildman–Crippen MR) is 104 cm³/mol. The monoisotopic (exact) mass is 397 g/mol. The molecule has 0 spiro atoms. The van der Waals surface area contributed by atoms with E-state index in [1.165, 1.54) is 17.8 Å². The summed E-state index contributed by atoms with van der Waals surface area (Å²) in [5.41, 5.74) is 0.485. The van der Waals surface area contributed by atoms with Gasteiger partial charge in [-0.1, -0.05) is 29.8 Å². The van der Waals surface area contributed by atoms with Gasteiger partial charge in [-0.15, -0.1) is 0 Å². The lowest BCUT2D eigenvalue weighted by Crippen LogP contribution is -2.37. The molecule has 1 N–H and O–H groups in total. The number of benzene rings is 2. The summed E-state index contributed by atoms with van der Waals surface area (Å²) >= 11 is 7.48. The second kappa shape index (κ2) is 10.3. The van der Waals surface area contributed by atoms with Crippen molar-refractivity contribution >= 4 is 29.3 Å². The zero-order chi connectivity index (χ0) is 18.9. The minimum Gasteiger partial charge on any atom is -0.493 e. The average Bonchev–Trinajstić information content (AvgIpc) is 2.63. The predicted octanol–water partition coefficient (Wildman–Crippen LogP) is 4.30. The molecule has 26 heavy (non-hydrogen) atoms. The van der Waals surface area contributed by atoms with Crippen LogP contribution < -0.4 is 14.8 Å². The SMILES string of the molecule is COc1ccccc1O[C@@H](C)C(=O)NCCSCc1c(F)cccc1Cl. The molecular formula is C19H21ClFNO3S. The molecule has 0 bridgehead atoms. The Morgan fingerprint density at radius 2 is 1.96 bits per heavy atom. The maximum atomic E-state index is 13.7. The van der Waals surface area contributed by atoms with Gasteiger partial charge in [0, 0.05) is 28.6 Å². The Morgan fingerprint density at radius 1 is 1.23 bits per heavy atom. The van der Waals surface area contributed by atoms with Gasteiger partial charge in [0.25, 0.3) is 5.91 Å². The molecule has 0 heterocycles. The van der Waals surface area contributed by atoms with E-state index in [4.69, 9.17) is 21.1 Å². The highest BCUT2D eigenvalue weighted by molar-refractivity contribution is 7.98. The van der Waals surface area contributed by atoms with Gasteiger partial charge in [0.05, 0.1) is 7.11 Å². The first-order valence-electron chi connectivity index (χ1n) is 8.11. The summed E-state index contributed by atoms with van der Waals surface area (Å²) in [5, 5.41) is 3.22. The number of carbonyl (C=O) groups is 1. The van der Waals surface area contributed by atoms with Crippen molar-refractivity contribution in [3.8, 4) is 11.5 Å². The molecule has 0 radical (unpaired) electrons. The zero-order valence-electron chi connectivity index (χ0n) is 14.6. The molecule has 0 unspecified atom stereocenters. The number of amides is 1. The lowest BCUT2D eigenvalue weighted by molar-refractivity contribution is -0.127. The van der Waals surface area contributed by atoms with Gasteiger partial charge in [-0.25, -0.2) is 4.39 Å². The summed E-state index contributed by atoms with van der Waals surface area (Å²) in [6, 6.07) is 11.8. The maximum absolute atomic E-state index is 13.7. The number of nitrogens with one attached hydrogen (secondary N) is 1. The van der Waals surface area contributed by atoms with E-state index in [9.17, 15) is 9.18 Å². The Balaban J connectivity index is 1.73. The summed E-state index contributed by atoms with van der Waals surface area (Å²) in [7, 11) is 1.55. The van der Waals surface area contributed by atoms with Crippen LogP contribution in [0.5, 0.6) is 11.5 Å². The number of thioether (sulfide) groups is 1. The molecule has 0 aromatic heterocycles. The molecule has 0 fully saturated rings. The molecule has 0 aliphatic carbocycles. The van der Waals surface area contributed by atoms with E-state index >= 15 is 0 Å². The molecule has 7 heteroatoms. The Kier molecular flexibility index (Phi) is 8.06. The van der Waals surface area contributed by atoms with Crippen molar-refractivity contribution in [1.82, 2.24) is 5.32 Å². The van der Waals surface area contributed by atoms with Crippen LogP contribution >= 0.6 is 23.4 Å². The third-order valence-electron chi connectivity index (χ3n) is 3.60. The fourth-order valence-corrected chi connectivity index (χ4v) is 3.39. The van der Waals surface area contributed by atoms with E-state index in [2.05, 4.69) is 5.32 Å². The zero-order valence-corrected chi connectivity index (χ0v) is 16.2. The van der Waals surface area contributed by atoms with Crippen LogP contribution in [0.3, 0.4) is 0 Å². The second-order valence-electron chi connectivity index (χ2n) is 5.45. The molecule has 1 amide bonds. The lowest BCUT2D eigenvalue weighted by atomic mass is 10.2. The van der Waals surface area contributed by atoms with Gasteiger partial charge in [0.2, 0.25) is 0 Å². The molecule has 2 aromatic rings. The molecule has 140 valence electrons. The number of rotatable bonds is 9. The summed E-state index contributed by atoms with van der Waals surface area (Å²) in [4.78, 5) is 12.1. The number of para-hydroxylation sites is 2. The molecule has 2 aromatic carbocycles. The van der Waals surface area contributed by atoms with Crippen LogP contribution in [0.15, 0.2) is 42.5 Å². The third kappa shape index (κ3) is 5.81. The van der Waals surface area contributed by atoms with Crippen molar-refractivity contribution in [3.63, 3.8) is 0 Å². The molecule has 2 rings (SSSR count). The summed E-state index contributed by atoms with van der Waals surface area (Å²) < 4.78 is 24.5. The highest BCUT2D eigenvalue weighted by Crippen LogP contribution is 2.27. The van der Waals surface area contributed by atoms with Crippen LogP contribution in [-0.4, -0.2) is 31.4 Å². The van der Waals surface area contributed by atoms with Crippen LogP contribution in [0.1, 0.15) is 12.5 Å². The van der Waals surface area contributed by atoms with Crippen molar-refractivity contribution in [3.05, 3.63) is 58.9 Å². The minimum atomic E-state index is -0.655. The highest BCUT2D eigenvalue weighted by Gasteiger charge is 2.16. The number of hydrogen-bond donors (Lipinski definition) is 1. The number of hydrogen-bond acceptors (Lipinski definition) is 4. The molecule has 0 aliphatic rings. The number of halogens is 2. The lowest BCUT2D eigenvalue weighted by Gasteiger charge is -2.16. The van der Waals surface area contributed by atoms with Gasteiger partial charge < -0.3 is 14.8 Å². The summed E-state index contributed by atoms with van der Waals surface area (Å²) in [5.74, 6) is 1.64. The normalized spacial score (nSPS) is 11.7. The average molecular weight is 398 g/mol. The van der Waals surface area contributed by atoms with E-state index in [1.54, 1.807) is 38.3 Å². The van der Waals surface area contributed by atoms with Gasteiger partial charge in [-0.3, -0.25) is 4.79 Å². The summed E-state index contributed by atoms with van der Waals surface area (Å²) in [6.07, 6.45) is -0.655. The van der Waals surface area contributed by atoms with Crippen molar-refractivity contribution in [2.45, 2.75) is 18.8 Å². The smallest absolute Gasteiger partial charge is 0.260 e. The molecule has 0 saturated heterocycles. The number of ether oxygens (including phenoxy) is 2. The van der Waals surface area contributed by atoms with E-state index < -0.39 is 6.10 Å². The van der Waals surface area contributed by atoms with Crippen molar-refractivity contribution in [2.24, 2.45) is 0 Å². The van der Waals surface area contributed by atoms with Gasteiger partial charge in [-0.05, 0) is 31.2 Å². The molecular weight excluding hydrogens is 377 g/mol. The van der Waals surface area contributed by atoms with Crippen LogP contribution in [-0.2, 0) is 10.5 Å². The molecule has 1 atom stereocenters. The highest BCUT2D eigenvalue weighted by atomic mass is 35.5. The fraction of sp³-hybridized carbons (Fsp3) is 0.316. The van der Waals surface area contributed by atoms with Crippen LogP contribution in [0, 0.1) is 5.82 Å². The molecule has 0 aliphatic heterocycles. The van der Waals surface area contributed by atoms with Gasteiger partial charge in [0.15, 0.2) is 17.6 Å². The number of methoxy groups -OCH3 is 1. The molecule has 4 nitrogen and oxygen atoms in total. The Hall–Kier alpha value is -1.92. The first-order valence-corrected chi connectivity index (χ1v) is 9.64. The Labute approximate surface area is 162 Å². The van der Waals surface area contributed by atoms with E-state index in [0.717, 1.165) is 0 Å². The second-order valence-corrected chi connectivity index (χ2v) is 6.97. The first kappa shape index (κ1) is 20.4. The van der Waals surface area contributed by atoms with Gasteiger partial charge in [-0.2, -0.15) is 11.8 Å². The van der Waals surface area contributed by atoms with Crippen LogP contribution in [0.4, 0.5) is 4.39 Å². The third-order valence-corrected chi connectivity index (χ3v) is 4.94. The van der Waals surface area contributed by atoms with Gasteiger partial charge in [0.1, 0.15) is 5.82 Å². The topological polar surface area (TPSA) is 47.6 Å². The van der Waals surface area contributed by atoms with E-state index in [-0.39, 0.29) is 11.7 Å². The summed E-state index contributed by atoms with van der Waals surface area (Å²) in [6.45, 7) is 2.13. The van der Waals surface area contributed by atoms with E-state index in [0.29, 0.717) is 40.1 Å². The minimum absolute atomic E-state index is 0.222. The molecule has 0 saturated carbocycles. The number of carbonyl (C=O) groups excluding carboxylic acids is 1. The Morgan fingerprint density at radius 3 is 2.65 bits per heavy atom. The largest absolute Gasteiger partial charge is 0.493 e. The standard InChI is InChI=1S/C19H21ClFNO3S/c1-13(25-18-9-4-3-8-17(18)24-2)19(23)22-10-11-26-12-14-15(20)6-5-7-16(14)21/h3-9,13H,10-12H2,1-2H3,(H,22,23)/t13-/m0/s1. The maximum Gasteiger partial charge on any atom is 0.260 e. The van der Waals surface area contributed by atoms with Crippen LogP contribution in [0.25, 0.3) is 0 Å². The van der Waals surface area contributed by atoms with Crippen molar-refractivity contribution in [1.29, 1.82) is 0 Å². The first-order chi connectivity index (χ1) is 12.5. The van der Waals surface area contributed by atoms with Crippen LogP contribution in [0.2, 0.25) is 5.02 Å². The Bertz CT molecular complexity index is 724.